The number of hydrogen-bond acceptors (Lipinski definition) is 6. The Morgan fingerprint density at radius 1 is 0.841 bits per heavy atom. The maximum atomic E-state index is 13.2. The number of carbonyl (C=O) groups is 1. The zero-order valence-electron chi connectivity index (χ0n) is 23.1. The second kappa shape index (κ2) is 13.1. The molecule has 0 atom stereocenters. The fraction of sp³-hybridized carbons (Fsp3) is 0.138. The van der Waals surface area contributed by atoms with E-state index in [0.717, 1.165) is 17.0 Å². The summed E-state index contributed by atoms with van der Waals surface area (Å²) in [5, 5.41) is 2.05. The molecule has 15 heteroatoms. The number of rotatable bonds is 10. The molecular weight excluding hydrogens is 659 g/mol. The van der Waals surface area contributed by atoms with E-state index in [4.69, 9.17) is 11.6 Å². The molecule has 0 radical (unpaired) electrons. The highest BCUT2D eigenvalue weighted by molar-refractivity contribution is 7.98. The molecule has 0 heterocycles. The van der Waals surface area contributed by atoms with E-state index in [2.05, 4.69) is 10.0 Å². The highest BCUT2D eigenvalue weighted by Crippen LogP contribution is 2.36. The van der Waals surface area contributed by atoms with Gasteiger partial charge in [0.15, 0.2) is 0 Å². The van der Waals surface area contributed by atoms with E-state index < -0.39 is 42.7 Å². The Labute approximate surface area is 262 Å². The Kier molecular flexibility index (Phi) is 9.88. The van der Waals surface area contributed by atoms with Crippen LogP contribution in [0, 0.1) is 0 Å². The van der Waals surface area contributed by atoms with E-state index >= 15 is 0 Å². The summed E-state index contributed by atoms with van der Waals surface area (Å²) in [5.74, 6) is -0.537. The molecule has 0 aliphatic rings. The van der Waals surface area contributed by atoms with Crippen molar-refractivity contribution in [2.45, 2.75) is 27.8 Å². The molecule has 1 amide bonds. The van der Waals surface area contributed by atoms with Crippen LogP contribution >= 0.6 is 23.4 Å². The Balaban J connectivity index is 1.45. The summed E-state index contributed by atoms with van der Waals surface area (Å²) in [5.41, 5.74) is -0.688. The summed E-state index contributed by atoms with van der Waals surface area (Å²) in [6.07, 6.45) is -2.88. The van der Waals surface area contributed by atoms with E-state index in [0.29, 0.717) is 11.8 Å². The molecule has 4 aromatic rings. The van der Waals surface area contributed by atoms with Gasteiger partial charge in [0, 0.05) is 28.4 Å². The second-order valence-corrected chi connectivity index (χ2v) is 14.0. The van der Waals surface area contributed by atoms with Gasteiger partial charge in [0.05, 0.1) is 26.1 Å². The molecular formula is C29H25ClF3N3O5S3. The number of thioether (sulfide) groups is 1. The summed E-state index contributed by atoms with van der Waals surface area (Å²) in [6.45, 7) is 1.85. The zero-order valence-corrected chi connectivity index (χ0v) is 26.3. The van der Waals surface area contributed by atoms with Crippen LogP contribution in [0.4, 0.5) is 30.2 Å². The number of carbonyl (C=O) groups excluding carboxylic acids is 1. The number of hydrogen-bond donors (Lipinski definition) is 2. The first-order valence-corrected chi connectivity index (χ1v) is 17.3. The Hall–Kier alpha value is -3.72. The van der Waals surface area contributed by atoms with Crippen LogP contribution in [-0.4, -0.2) is 35.5 Å². The molecule has 0 aromatic heterocycles. The average molecular weight is 684 g/mol. The van der Waals surface area contributed by atoms with Gasteiger partial charge in [-0.1, -0.05) is 11.6 Å². The van der Waals surface area contributed by atoms with E-state index in [1.807, 2.05) is 6.26 Å². The molecule has 232 valence electrons. The maximum Gasteiger partial charge on any atom is 0.417 e. The van der Waals surface area contributed by atoms with Crippen molar-refractivity contribution in [1.82, 2.24) is 0 Å². The standard InChI is InChI=1S/C29H25ClF3N3O5S3/c1-3-36(44(40,41)25-15-11-23(42-2)12-16-25)22-9-4-19(5-10-22)28(37)34-20-6-13-24(14-7-20)43(38,39)35-21-8-17-27(30)26(18-21)29(31,32)33/h4-18,35H,3H2,1-2H3,(H,34,37). The van der Waals surface area contributed by atoms with Gasteiger partial charge < -0.3 is 5.32 Å². The fourth-order valence-corrected chi connectivity index (χ4v) is 7.24. The van der Waals surface area contributed by atoms with Gasteiger partial charge in [-0.15, -0.1) is 11.8 Å². The minimum atomic E-state index is -4.77. The van der Waals surface area contributed by atoms with E-state index in [-0.39, 0.29) is 33.3 Å². The predicted molar refractivity (Wildman–Crippen MR) is 167 cm³/mol. The second-order valence-electron chi connectivity index (χ2n) is 9.17. The molecule has 0 saturated carbocycles. The third kappa shape index (κ3) is 7.49. The number of alkyl halides is 3. The van der Waals surface area contributed by atoms with Gasteiger partial charge in [0.1, 0.15) is 0 Å². The van der Waals surface area contributed by atoms with Crippen molar-refractivity contribution >= 4 is 66.4 Å². The summed E-state index contributed by atoms with van der Waals surface area (Å²) >= 11 is 7.09. The third-order valence-electron chi connectivity index (χ3n) is 6.30. The van der Waals surface area contributed by atoms with Crippen LogP contribution in [0.2, 0.25) is 5.02 Å². The number of anilines is 3. The Bertz CT molecular complexity index is 1870. The minimum Gasteiger partial charge on any atom is -0.322 e. The van der Waals surface area contributed by atoms with Crippen molar-refractivity contribution in [3.63, 3.8) is 0 Å². The van der Waals surface area contributed by atoms with Crippen LogP contribution in [0.5, 0.6) is 0 Å². The molecule has 0 spiro atoms. The minimum absolute atomic E-state index is 0.138. The third-order valence-corrected chi connectivity index (χ3v) is 10.7. The molecule has 4 rings (SSSR count). The number of benzene rings is 4. The maximum absolute atomic E-state index is 13.2. The first-order chi connectivity index (χ1) is 20.7. The van der Waals surface area contributed by atoms with Gasteiger partial charge in [0.25, 0.3) is 26.0 Å². The monoisotopic (exact) mass is 683 g/mol. The quantitative estimate of drug-likeness (QED) is 0.169. The highest BCUT2D eigenvalue weighted by Gasteiger charge is 2.33. The topological polar surface area (TPSA) is 113 Å². The lowest BCUT2D eigenvalue weighted by atomic mass is 10.2. The van der Waals surface area contributed by atoms with Crippen molar-refractivity contribution in [3.05, 3.63) is 107 Å². The summed E-state index contributed by atoms with van der Waals surface area (Å²) < 4.78 is 94.7. The number of sulfonamides is 2. The van der Waals surface area contributed by atoms with Crippen LogP contribution in [0.1, 0.15) is 22.8 Å². The molecule has 0 aliphatic carbocycles. The summed E-state index contributed by atoms with van der Waals surface area (Å²) in [4.78, 5) is 13.6. The lowest BCUT2D eigenvalue weighted by Gasteiger charge is -2.23. The van der Waals surface area contributed by atoms with Crippen LogP contribution in [0.15, 0.2) is 106 Å². The number of nitrogens with zero attached hydrogens (tertiary/aromatic N) is 1. The molecule has 4 aromatic carbocycles. The molecule has 0 bridgehead atoms. The van der Waals surface area contributed by atoms with Crippen LogP contribution in [-0.2, 0) is 26.2 Å². The number of amides is 1. The molecule has 0 unspecified atom stereocenters. The van der Waals surface area contributed by atoms with Crippen LogP contribution < -0.4 is 14.3 Å². The Morgan fingerprint density at radius 2 is 1.41 bits per heavy atom. The van der Waals surface area contributed by atoms with Crippen molar-refractivity contribution in [3.8, 4) is 0 Å². The summed E-state index contributed by atoms with van der Waals surface area (Å²) in [7, 11) is -8.11. The molecule has 2 N–H and O–H groups in total. The van der Waals surface area contributed by atoms with E-state index in [1.54, 1.807) is 31.2 Å². The van der Waals surface area contributed by atoms with Gasteiger partial charge >= 0.3 is 6.18 Å². The molecule has 8 nitrogen and oxygen atoms in total. The van der Waals surface area contributed by atoms with Crippen molar-refractivity contribution in [2.24, 2.45) is 0 Å². The van der Waals surface area contributed by atoms with Gasteiger partial charge in [-0.3, -0.25) is 13.8 Å². The van der Waals surface area contributed by atoms with Crippen LogP contribution in [0.25, 0.3) is 0 Å². The smallest absolute Gasteiger partial charge is 0.322 e. The Morgan fingerprint density at radius 3 is 1.95 bits per heavy atom. The number of nitrogens with one attached hydrogen (secondary N) is 2. The lowest BCUT2D eigenvalue weighted by Crippen LogP contribution is -2.30. The molecule has 0 fully saturated rings. The normalized spacial score (nSPS) is 12.0. The van der Waals surface area contributed by atoms with Crippen molar-refractivity contribution in [1.29, 1.82) is 0 Å². The summed E-state index contributed by atoms with van der Waals surface area (Å²) in [6, 6.07) is 20.1. The predicted octanol–water partition coefficient (Wildman–Crippen LogP) is 7.35. The lowest BCUT2D eigenvalue weighted by molar-refractivity contribution is -0.137. The fourth-order valence-electron chi connectivity index (χ4n) is 4.09. The first kappa shape index (κ1) is 33.2. The van der Waals surface area contributed by atoms with Crippen molar-refractivity contribution < 1.29 is 34.8 Å². The average Bonchev–Trinajstić information content (AvgIpc) is 2.98. The molecule has 0 aliphatic heterocycles. The van der Waals surface area contributed by atoms with Gasteiger partial charge in [-0.2, -0.15) is 13.2 Å². The van der Waals surface area contributed by atoms with Crippen LogP contribution in [0.3, 0.4) is 0 Å². The SMILES string of the molecule is CCN(c1ccc(C(=O)Nc2ccc(S(=O)(=O)Nc3ccc(Cl)c(C(F)(F)F)c3)cc2)cc1)S(=O)(=O)c1ccc(SC)cc1. The van der Waals surface area contributed by atoms with Gasteiger partial charge in [-0.25, -0.2) is 16.8 Å². The molecule has 0 saturated heterocycles. The van der Waals surface area contributed by atoms with Gasteiger partial charge in [-0.05, 0) is 104 Å². The van der Waals surface area contributed by atoms with Crippen molar-refractivity contribution in [2.75, 3.05) is 27.1 Å². The van der Waals surface area contributed by atoms with Gasteiger partial charge in [0.2, 0.25) is 0 Å². The first-order valence-electron chi connectivity index (χ1n) is 12.7. The largest absolute Gasteiger partial charge is 0.417 e. The highest BCUT2D eigenvalue weighted by atomic mass is 35.5. The van der Waals surface area contributed by atoms with E-state index in [1.165, 1.54) is 64.6 Å². The van der Waals surface area contributed by atoms with E-state index in [9.17, 15) is 34.8 Å². The zero-order chi connectivity index (χ0) is 32.3. The molecule has 44 heavy (non-hydrogen) atoms. The number of halogens is 4.